The average molecular weight is 464 g/mol. The summed E-state index contributed by atoms with van der Waals surface area (Å²) in [6.45, 7) is 1.71. The number of ether oxygens (including phenoxy) is 1. The second kappa shape index (κ2) is 8.79. The van der Waals surface area contributed by atoms with Crippen LogP contribution in [0.1, 0.15) is 32.0 Å². The Kier molecular flexibility index (Phi) is 5.89. The van der Waals surface area contributed by atoms with Crippen LogP contribution in [0.15, 0.2) is 82.1 Å². The van der Waals surface area contributed by atoms with Crippen LogP contribution in [-0.4, -0.2) is 20.4 Å². The van der Waals surface area contributed by atoms with E-state index >= 15 is 0 Å². The van der Waals surface area contributed by atoms with E-state index in [1.165, 1.54) is 24.3 Å². The van der Waals surface area contributed by atoms with Crippen molar-refractivity contribution in [3.63, 3.8) is 0 Å². The number of hydrogen-bond acceptors (Lipinski definition) is 7. The number of aromatic carboxylic acids is 1. The van der Waals surface area contributed by atoms with Gasteiger partial charge in [-0.1, -0.05) is 42.5 Å². The molecule has 8 nitrogen and oxygen atoms in total. The zero-order chi connectivity index (χ0) is 23.6. The van der Waals surface area contributed by atoms with E-state index in [0.717, 1.165) is 17.7 Å². The van der Waals surface area contributed by atoms with Gasteiger partial charge in [0.1, 0.15) is 23.5 Å². The number of benzene rings is 3. The number of carbonyl (C=O) groups excluding carboxylic acids is 2. The molecule has 168 valence electrons. The van der Waals surface area contributed by atoms with Crippen LogP contribution in [0.3, 0.4) is 0 Å². The predicted molar refractivity (Wildman–Crippen MR) is 118 cm³/mol. The van der Waals surface area contributed by atoms with Gasteiger partial charge in [-0.25, -0.2) is 13.2 Å². The highest BCUT2D eigenvalue weighted by atomic mass is 32.2. The van der Waals surface area contributed by atoms with Gasteiger partial charge in [0.05, 0.1) is 10.9 Å². The zero-order valence-electron chi connectivity index (χ0n) is 17.4. The van der Waals surface area contributed by atoms with E-state index in [4.69, 9.17) is 9.15 Å². The molecule has 1 aromatic heterocycles. The molecular weight excluding hydrogens is 446 g/mol. The van der Waals surface area contributed by atoms with Gasteiger partial charge in [0.2, 0.25) is 0 Å². The zero-order valence-corrected chi connectivity index (χ0v) is 18.2. The fourth-order valence-electron chi connectivity index (χ4n) is 3.32. The van der Waals surface area contributed by atoms with Crippen LogP contribution in [-0.2, 0) is 21.4 Å². The molecule has 0 aliphatic carbocycles. The molecule has 0 bridgehead atoms. The summed E-state index contributed by atoms with van der Waals surface area (Å²) in [6, 6.07) is 18.4. The first kappa shape index (κ1) is 22.1. The Morgan fingerprint density at radius 3 is 2.36 bits per heavy atom. The van der Waals surface area contributed by atoms with Crippen molar-refractivity contribution in [2.45, 2.75) is 18.4 Å². The number of nitrogens with one attached hydrogen (secondary N) is 1. The maximum absolute atomic E-state index is 12.7. The summed E-state index contributed by atoms with van der Waals surface area (Å²) in [4.78, 5) is 23.5. The van der Waals surface area contributed by atoms with Gasteiger partial charge in [0.15, 0.2) is 0 Å². The number of fused-ring (bicyclic) bond motifs is 1. The quantitative estimate of drug-likeness (QED) is 0.416. The minimum Gasteiger partial charge on any atom is -0.545 e. The molecular formula is C24H18NO7S-. The normalized spacial score (nSPS) is 11.3. The van der Waals surface area contributed by atoms with Crippen molar-refractivity contribution in [1.29, 1.82) is 0 Å². The molecule has 0 unspecified atom stereocenters. The molecule has 3 aromatic carbocycles. The van der Waals surface area contributed by atoms with Crippen LogP contribution in [0.4, 0.5) is 5.69 Å². The van der Waals surface area contributed by atoms with Crippen LogP contribution in [0, 0.1) is 6.92 Å². The van der Waals surface area contributed by atoms with E-state index in [0.29, 0.717) is 16.7 Å². The van der Waals surface area contributed by atoms with Gasteiger partial charge in [-0.2, -0.15) is 0 Å². The number of carbonyl (C=O) groups is 2. The molecule has 0 aliphatic rings. The number of carboxylic acid groups (broad SMARTS) is 1. The number of sulfonamides is 1. The Bertz CT molecular complexity index is 1440. The molecule has 0 spiro atoms. The van der Waals surface area contributed by atoms with Gasteiger partial charge in [0, 0.05) is 11.1 Å². The van der Waals surface area contributed by atoms with E-state index in [1.807, 2.05) is 30.3 Å². The van der Waals surface area contributed by atoms with E-state index in [1.54, 1.807) is 13.0 Å². The lowest BCUT2D eigenvalue weighted by Crippen LogP contribution is -2.22. The Morgan fingerprint density at radius 2 is 1.70 bits per heavy atom. The summed E-state index contributed by atoms with van der Waals surface area (Å²) in [5.74, 6) is -1.65. The molecule has 1 N–H and O–H groups in total. The number of anilines is 1. The van der Waals surface area contributed by atoms with E-state index in [2.05, 4.69) is 4.72 Å². The van der Waals surface area contributed by atoms with Crippen molar-refractivity contribution in [2.75, 3.05) is 4.72 Å². The summed E-state index contributed by atoms with van der Waals surface area (Å²) in [7, 11) is -4.01. The smallest absolute Gasteiger partial charge is 0.342 e. The third-order valence-electron chi connectivity index (χ3n) is 4.93. The molecule has 4 rings (SSSR count). The number of carboxylic acids is 1. The van der Waals surface area contributed by atoms with E-state index in [9.17, 15) is 23.1 Å². The van der Waals surface area contributed by atoms with Gasteiger partial charge in [-0.3, -0.25) is 4.72 Å². The summed E-state index contributed by atoms with van der Waals surface area (Å²) < 4.78 is 38.9. The molecule has 4 aromatic rings. The van der Waals surface area contributed by atoms with Crippen molar-refractivity contribution in [3.05, 3.63) is 95.2 Å². The van der Waals surface area contributed by atoms with Crippen LogP contribution < -0.4 is 9.83 Å². The maximum Gasteiger partial charge on any atom is 0.342 e. The molecule has 9 heteroatoms. The third kappa shape index (κ3) is 4.73. The lowest BCUT2D eigenvalue weighted by molar-refractivity contribution is -0.255. The van der Waals surface area contributed by atoms with Crippen molar-refractivity contribution in [2.24, 2.45) is 0 Å². The molecule has 1 heterocycles. The van der Waals surface area contributed by atoms with Crippen molar-refractivity contribution >= 4 is 38.6 Å². The molecule has 0 saturated carbocycles. The maximum atomic E-state index is 12.7. The number of rotatable bonds is 7. The van der Waals surface area contributed by atoms with Gasteiger partial charge < -0.3 is 19.1 Å². The summed E-state index contributed by atoms with van der Waals surface area (Å²) in [5, 5.41) is 11.3. The largest absolute Gasteiger partial charge is 0.545 e. The molecule has 0 radical (unpaired) electrons. The summed E-state index contributed by atoms with van der Waals surface area (Å²) in [6.07, 6.45) is 0. The van der Waals surface area contributed by atoms with E-state index < -0.39 is 22.0 Å². The molecule has 0 amide bonds. The molecule has 33 heavy (non-hydrogen) atoms. The Hall–Kier alpha value is -4.11. The topological polar surface area (TPSA) is 126 Å². The fourth-order valence-corrected chi connectivity index (χ4v) is 4.37. The minimum absolute atomic E-state index is 0.0833. The Labute approximate surface area is 189 Å². The van der Waals surface area contributed by atoms with E-state index in [-0.39, 0.29) is 28.3 Å². The van der Waals surface area contributed by atoms with Crippen molar-refractivity contribution in [3.8, 4) is 0 Å². The monoisotopic (exact) mass is 464 g/mol. The summed E-state index contributed by atoms with van der Waals surface area (Å²) >= 11 is 0. The molecule has 0 atom stereocenters. The Balaban J connectivity index is 1.59. The number of furan rings is 1. The third-order valence-corrected chi connectivity index (χ3v) is 6.33. The van der Waals surface area contributed by atoms with Gasteiger partial charge in [-0.15, -0.1) is 0 Å². The first-order valence-electron chi connectivity index (χ1n) is 9.83. The fraction of sp³-hybridized carbons (Fsp3) is 0.0833. The van der Waals surface area contributed by atoms with Gasteiger partial charge in [-0.05, 0) is 48.4 Å². The first-order valence-corrected chi connectivity index (χ1v) is 11.3. The van der Waals surface area contributed by atoms with Crippen LogP contribution in [0.2, 0.25) is 0 Å². The van der Waals surface area contributed by atoms with Gasteiger partial charge in [0.25, 0.3) is 10.0 Å². The number of aryl methyl sites for hydroxylation is 1. The lowest BCUT2D eigenvalue weighted by atomic mass is 10.1. The molecule has 0 saturated heterocycles. The summed E-state index contributed by atoms with van der Waals surface area (Å²) in [5.41, 5.74) is 1.50. The van der Waals surface area contributed by atoms with Crippen LogP contribution >= 0.6 is 0 Å². The van der Waals surface area contributed by atoms with Crippen LogP contribution in [0.5, 0.6) is 0 Å². The molecule has 0 fully saturated rings. The van der Waals surface area contributed by atoms with Crippen LogP contribution in [0.25, 0.3) is 11.0 Å². The lowest BCUT2D eigenvalue weighted by Gasteiger charge is -2.10. The SMILES string of the molecule is Cc1oc2ccc(NS(=O)(=O)c3ccc(C(=O)[O-])cc3)cc2c1C(=O)OCc1ccccc1. The standard InChI is InChI=1S/C24H19NO7S/c1-15-22(24(28)31-14-16-5-3-2-4-6-16)20-13-18(9-12-21(20)32-15)25-33(29,30)19-10-7-17(8-11-19)23(26)27/h2-13,25H,14H2,1H3,(H,26,27)/p-1. The highest BCUT2D eigenvalue weighted by molar-refractivity contribution is 7.92. The molecule has 0 aliphatic heterocycles. The Morgan fingerprint density at radius 1 is 1.00 bits per heavy atom. The highest BCUT2D eigenvalue weighted by Crippen LogP contribution is 2.30. The van der Waals surface area contributed by atoms with Gasteiger partial charge >= 0.3 is 5.97 Å². The minimum atomic E-state index is -4.01. The second-order valence-corrected chi connectivity index (χ2v) is 8.91. The van der Waals surface area contributed by atoms with Crippen molar-refractivity contribution in [1.82, 2.24) is 0 Å². The highest BCUT2D eigenvalue weighted by Gasteiger charge is 2.21. The second-order valence-electron chi connectivity index (χ2n) is 7.22. The average Bonchev–Trinajstić information content (AvgIpc) is 3.13. The van der Waals surface area contributed by atoms with Crippen molar-refractivity contribution < 1.29 is 32.3 Å². The predicted octanol–water partition coefficient (Wildman–Crippen LogP) is 3.26. The number of hydrogen-bond donors (Lipinski definition) is 1. The number of esters is 1. The first-order chi connectivity index (χ1) is 15.7.